The second-order valence-electron chi connectivity index (χ2n) is 4.27. The highest BCUT2D eigenvalue weighted by atomic mass is 35.5. The Balaban J connectivity index is 2.11. The topological polar surface area (TPSA) is 46.0 Å². The minimum absolute atomic E-state index is 0.556. The molecule has 19 heavy (non-hydrogen) atoms. The summed E-state index contributed by atoms with van der Waals surface area (Å²) in [7, 11) is 0. The van der Waals surface area contributed by atoms with E-state index in [9.17, 15) is 5.11 Å². The molecule has 0 saturated carbocycles. The summed E-state index contributed by atoms with van der Waals surface area (Å²) in [6, 6.07) is 14.8. The maximum atomic E-state index is 10.4. The van der Waals surface area contributed by atoms with Gasteiger partial charge in [-0.3, -0.25) is 0 Å². The van der Waals surface area contributed by atoms with Gasteiger partial charge in [0.1, 0.15) is 11.8 Å². The van der Waals surface area contributed by atoms with Crippen molar-refractivity contribution in [2.45, 2.75) is 6.10 Å². The molecule has 3 aromatic rings. The van der Waals surface area contributed by atoms with Gasteiger partial charge in [-0.2, -0.15) is 10.2 Å². The van der Waals surface area contributed by atoms with E-state index in [1.54, 1.807) is 30.5 Å². The first-order valence-electron chi connectivity index (χ1n) is 5.89. The average Bonchev–Trinajstić information content (AvgIpc) is 2.47. The van der Waals surface area contributed by atoms with Crippen molar-refractivity contribution < 1.29 is 5.11 Å². The van der Waals surface area contributed by atoms with Crippen molar-refractivity contribution in [1.29, 1.82) is 0 Å². The second kappa shape index (κ2) is 4.96. The molecule has 3 rings (SSSR count). The van der Waals surface area contributed by atoms with Crippen LogP contribution in [-0.4, -0.2) is 15.3 Å². The van der Waals surface area contributed by atoms with Crippen LogP contribution in [0.1, 0.15) is 17.4 Å². The number of nitrogens with zero attached hydrogens (tertiary/aromatic N) is 2. The summed E-state index contributed by atoms with van der Waals surface area (Å²) in [6.07, 6.45) is 0.879. The van der Waals surface area contributed by atoms with E-state index in [0.29, 0.717) is 10.7 Å². The van der Waals surface area contributed by atoms with E-state index in [2.05, 4.69) is 10.2 Å². The summed E-state index contributed by atoms with van der Waals surface area (Å²) in [5.74, 6) is 0. The van der Waals surface area contributed by atoms with Crippen LogP contribution in [0.4, 0.5) is 0 Å². The predicted octanol–water partition coefficient (Wildman–Crippen LogP) is 3.36. The molecule has 0 aliphatic heterocycles. The Morgan fingerprint density at radius 1 is 1.00 bits per heavy atom. The molecule has 1 heterocycles. The molecule has 0 radical (unpaired) electrons. The number of hydrogen-bond acceptors (Lipinski definition) is 3. The van der Waals surface area contributed by atoms with Crippen LogP contribution in [0.3, 0.4) is 0 Å². The van der Waals surface area contributed by atoms with Gasteiger partial charge in [0, 0.05) is 15.8 Å². The van der Waals surface area contributed by atoms with Crippen molar-refractivity contribution in [1.82, 2.24) is 10.2 Å². The fourth-order valence-electron chi connectivity index (χ4n) is 2.05. The number of aromatic nitrogens is 2. The number of fused-ring (bicyclic) bond motifs is 1. The standard InChI is InChI=1S/C15H11ClN2O/c16-12-7-5-10(6-8-12)15(19)14-13-4-2-1-3-11(13)9-17-18-14/h1-9,15,19H/t15-/m0/s1. The van der Waals surface area contributed by atoms with Crippen molar-refractivity contribution in [3.63, 3.8) is 0 Å². The van der Waals surface area contributed by atoms with E-state index in [1.807, 2.05) is 24.3 Å². The lowest BCUT2D eigenvalue weighted by atomic mass is 10.0. The molecule has 0 spiro atoms. The van der Waals surface area contributed by atoms with Gasteiger partial charge in [0.15, 0.2) is 0 Å². The molecule has 2 aromatic carbocycles. The largest absolute Gasteiger partial charge is 0.382 e. The molecule has 0 aliphatic carbocycles. The highest BCUT2D eigenvalue weighted by molar-refractivity contribution is 6.30. The molecule has 94 valence electrons. The smallest absolute Gasteiger partial charge is 0.123 e. The Labute approximate surface area is 115 Å². The molecule has 0 unspecified atom stereocenters. The molecule has 1 aromatic heterocycles. The van der Waals surface area contributed by atoms with E-state index < -0.39 is 6.10 Å². The monoisotopic (exact) mass is 270 g/mol. The van der Waals surface area contributed by atoms with Gasteiger partial charge in [-0.15, -0.1) is 0 Å². The van der Waals surface area contributed by atoms with E-state index >= 15 is 0 Å². The van der Waals surface area contributed by atoms with Gasteiger partial charge in [0.2, 0.25) is 0 Å². The average molecular weight is 271 g/mol. The molecule has 4 heteroatoms. The Kier molecular flexibility index (Phi) is 3.15. The first-order valence-corrected chi connectivity index (χ1v) is 6.27. The molecular weight excluding hydrogens is 260 g/mol. The van der Waals surface area contributed by atoms with Crippen molar-refractivity contribution in [3.05, 3.63) is 71.0 Å². The highest BCUT2D eigenvalue weighted by Gasteiger charge is 2.15. The number of hydrogen-bond donors (Lipinski definition) is 1. The second-order valence-corrected chi connectivity index (χ2v) is 4.71. The van der Waals surface area contributed by atoms with Crippen LogP contribution in [0.25, 0.3) is 10.8 Å². The fraction of sp³-hybridized carbons (Fsp3) is 0.0667. The van der Waals surface area contributed by atoms with Crippen LogP contribution < -0.4 is 0 Å². The first kappa shape index (κ1) is 12.1. The zero-order valence-electron chi connectivity index (χ0n) is 9.99. The zero-order valence-corrected chi connectivity index (χ0v) is 10.7. The molecule has 1 atom stereocenters. The number of benzene rings is 2. The summed E-state index contributed by atoms with van der Waals surface area (Å²) in [5, 5.41) is 20.9. The summed E-state index contributed by atoms with van der Waals surface area (Å²) in [5.41, 5.74) is 1.30. The third-order valence-corrected chi connectivity index (χ3v) is 3.30. The molecule has 3 nitrogen and oxygen atoms in total. The lowest BCUT2D eigenvalue weighted by Gasteiger charge is -2.12. The van der Waals surface area contributed by atoms with Gasteiger partial charge in [0.05, 0.1) is 6.20 Å². The van der Waals surface area contributed by atoms with Gasteiger partial charge >= 0.3 is 0 Å². The summed E-state index contributed by atoms with van der Waals surface area (Å²) < 4.78 is 0. The van der Waals surface area contributed by atoms with Crippen molar-refractivity contribution >= 4 is 22.4 Å². The maximum Gasteiger partial charge on any atom is 0.123 e. The molecule has 0 bridgehead atoms. The van der Waals surface area contributed by atoms with E-state index in [4.69, 9.17) is 11.6 Å². The number of rotatable bonds is 2. The number of halogens is 1. The van der Waals surface area contributed by atoms with Crippen LogP contribution in [0.5, 0.6) is 0 Å². The minimum atomic E-state index is -0.809. The molecule has 0 aliphatic rings. The Bertz CT molecular complexity index is 707. The normalized spacial score (nSPS) is 12.5. The van der Waals surface area contributed by atoms with Crippen molar-refractivity contribution in [2.24, 2.45) is 0 Å². The van der Waals surface area contributed by atoms with E-state index in [1.165, 1.54) is 0 Å². The number of aliphatic hydroxyl groups excluding tert-OH is 1. The molecule has 0 saturated heterocycles. The molecule has 0 amide bonds. The SMILES string of the molecule is O[C@@H](c1ccc(Cl)cc1)c1nncc2ccccc12. The third kappa shape index (κ3) is 2.30. The Morgan fingerprint density at radius 2 is 1.74 bits per heavy atom. The first-order chi connectivity index (χ1) is 9.25. The predicted molar refractivity (Wildman–Crippen MR) is 75.1 cm³/mol. The van der Waals surface area contributed by atoms with E-state index in [0.717, 1.165) is 16.3 Å². The quantitative estimate of drug-likeness (QED) is 0.777. The van der Waals surface area contributed by atoms with Gasteiger partial charge in [0.25, 0.3) is 0 Å². The summed E-state index contributed by atoms with van der Waals surface area (Å²) >= 11 is 5.85. The van der Waals surface area contributed by atoms with Gasteiger partial charge in [-0.25, -0.2) is 0 Å². The van der Waals surface area contributed by atoms with Gasteiger partial charge in [-0.05, 0) is 17.7 Å². The third-order valence-electron chi connectivity index (χ3n) is 3.04. The molecule has 0 fully saturated rings. The Hall–Kier alpha value is -1.97. The molecule has 1 N–H and O–H groups in total. The van der Waals surface area contributed by atoms with Crippen LogP contribution in [-0.2, 0) is 0 Å². The van der Waals surface area contributed by atoms with Crippen molar-refractivity contribution in [2.75, 3.05) is 0 Å². The van der Waals surface area contributed by atoms with Gasteiger partial charge in [-0.1, -0.05) is 48.0 Å². The zero-order chi connectivity index (χ0) is 13.2. The lowest BCUT2D eigenvalue weighted by Crippen LogP contribution is -2.04. The van der Waals surface area contributed by atoms with E-state index in [-0.39, 0.29) is 0 Å². The highest BCUT2D eigenvalue weighted by Crippen LogP contribution is 2.26. The van der Waals surface area contributed by atoms with Crippen LogP contribution >= 0.6 is 11.6 Å². The molecular formula is C15H11ClN2O. The summed E-state index contributed by atoms with van der Waals surface area (Å²) in [4.78, 5) is 0. The van der Waals surface area contributed by atoms with Crippen molar-refractivity contribution in [3.8, 4) is 0 Å². The number of aliphatic hydroxyl groups is 1. The lowest BCUT2D eigenvalue weighted by molar-refractivity contribution is 0.216. The maximum absolute atomic E-state index is 10.4. The Morgan fingerprint density at radius 3 is 2.53 bits per heavy atom. The minimum Gasteiger partial charge on any atom is -0.382 e. The van der Waals surface area contributed by atoms with Crippen LogP contribution in [0.15, 0.2) is 54.7 Å². The fourth-order valence-corrected chi connectivity index (χ4v) is 2.18. The van der Waals surface area contributed by atoms with Gasteiger partial charge < -0.3 is 5.11 Å². The van der Waals surface area contributed by atoms with Crippen LogP contribution in [0, 0.1) is 0 Å². The summed E-state index contributed by atoms with van der Waals surface area (Å²) in [6.45, 7) is 0. The van der Waals surface area contributed by atoms with Crippen LogP contribution in [0.2, 0.25) is 5.02 Å².